The van der Waals surface area contributed by atoms with E-state index in [1.54, 1.807) is 0 Å². The predicted molar refractivity (Wildman–Crippen MR) is 88.7 cm³/mol. The fraction of sp³-hybridized carbons (Fsp3) is 0.714. The zero-order valence-electron chi connectivity index (χ0n) is 11.8. The SMILES string of the molecule is CC(C)C(=S)C1C(=S)C(C)(C)C(=O)C(C)(C)C1=S. The van der Waals surface area contributed by atoms with E-state index < -0.39 is 10.8 Å². The molecule has 0 N–H and O–H groups in total. The van der Waals surface area contributed by atoms with E-state index in [0.717, 1.165) is 4.86 Å². The van der Waals surface area contributed by atoms with Crippen LogP contribution in [0, 0.1) is 22.7 Å². The maximum absolute atomic E-state index is 12.5. The highest BCUT2D eigenvalue weighted by Gasteiger charge is 2.54. The zero-order chi connectivity index (χ0) is 14.5. The van der Waals surface area contributed by atoms with Crippen LogP contribution in [0.1, 0.15) is 41.5 Å². The van der Waals surface area contributed by atoms with E-state index in [2.05, 4.69) is 0 Å². The van der Waals surface area contributed by atoms with Gasteiger partial charge >= 0.3 is 0 Å². The summed E-state index contributed by atoms with van der Waals surface area (Å²) in [5.41, 5.74) is -1.27. The van der Waals surface area contributed by atoms with Crippen LogP contribution in [0.15, 0.2) is 0 Å². The number of Topliss-reactive ketones (excluding diaryl/α,β-unsaturated/α-hetero) is 1. The third-order valence-electron chi connectivity index (χ3n) is 3.75. The number of thiocarbonyl (C=S) groups is 3. The Labute approximate surface area is 126 Å². The molecular weight excluding hydrogens is 280 g/mol. The molecule has 1 fully saturated rings. The van der Waals surface area contributed by atoms with E-state index >= 15 is 0 Å². The van der Waals surface area contributed by atoms with Gasteiger partial charge in [-0.05, 0) is 33.6 Å². The number of hydrogen-bond donors (Lipinski definition) is 0. The van der Waals surface area contributed by atoms with E-state index in [9.17, 15) is 4.79 Å². The molecule has 0 aromatic rings. The van der Waals surface area contributed by atoms with Crippen LogP contribution in [0.3, 0.4) is 0 Å². The molecule has 0 atom stereocenters. The van der Waals surface area contributed by atoms with Gasteiger partial charge in [0.2, 0.25) is 0 Å². The Hall–Kier alpha value is -0.0600. The van der Waals surface area contributed by atoms with Gasteiger partial charge in [-0.3, -0.25) is 4.79 Å². The summed E-state index contributed by atoms with van der Waals surface area (Å²) in [7, 11) is 0. The Morgan fingerprint density at radius 2 is 1.39 bits per heavy atom. The zero-order valence-corrected chi connectivity index (χ0v) is 14.2. The first kappa shape index (κ1) is 16.0. The topological polar surface area (TPSA) is 17.1 Å². The molecule has 1 aliphatic rings. The Morgan fingerprint density at radius 1 is 1.06 bits per heavy atom. The molecule has 4 heteroatoms. The van der Waals surface area contributed by atoms with Crippen LogP contribution >= 0.6 is 36.7 Å². The van der Waals surface area contributed by atoms with Crippen molar-refractivity contribution in [2.45, 2.75) is 41.5 Å². The van der Waals surface area contributed by atoms with Gasteiger partial charge < -0.3 is 0 Å². The van der Waals surface area contributed by atoms with Crippen LogP contribution in [0.2, 0.25) is 0 Å². The van der Waals surface area contributed by atoms with Crippen LogP contribution < -0.4 is 0 Å². The summed E-state index contributed by atoms with van der Waals surface area (Å²) in [5.74, 6) is 0.168. The molecule has 0 bridgehead atoms. The number of carbonyl (C=O) groups excluding carboxylic acids is 1. The molecular formula is C14H20OS3. The van der Waals surface area contributed by atoms with Crippen molar-refractivity contribution < 1.29 is 4.79 Å². The van der Waals surface area contributed by atoms with Crippen molar-refractivity contribution in [1.82, 2.24) is 0 Å². The van der Waals surface area contributed by atoms with Crippen LogP contribution in [0.5, 0.6) is 0 Å². The van der Waals surface area contributed by atoms with Gasteiger partial charge in [-0.2, -0.15) is 0 Å². The van der Waals surface area contributed by atoms with Crippen molar-refractivity contribution in [3.8, 4) is 0 Å². The molecule has 1 saturated carbocycles. The number of carbonyl (C=O) groups is 1. The summed E-state index contributed by atoms with van der Waals surface area (Å²) in [6.45, 7) is 11.6. The highest BCUT2D eigenvalue weighted by Crippen LogP contribution is 2.43. The highest BCUT2D eigenvalue weighted by atomic mass is 32.1. The molecule has 1 rings (SSSR count). The van der Waals surface area contributed by atoms with Gasteiger partial charge in [-0.25, -0.2) is 0 Å². The Balaban J connectivity index is 3.37. The van der Waals surface area contributed by atoms with E-state index in [4.69, 9.17) is 36.7 Å². The first-order valence-electron chi connectivity index (χ1n) is 6.13. The van der Waals surface area contributed by atoms with Crippen molar-refractivity contribution in [3.63, 3.8) is 0 Å². The van der Waals surface area contributed by atoms with Crippen molar-refractivity contribution in [2.75, 3.05) is 0 Å². The van der Waals surface area contributed by atoms with Crippen LogP contribution in [0.25, 0.3) is 0 Å². The maximum atomic E-state index is 12.5. The minimum Gasteiger partial charge on any atom is -0.298 e. The average Bonchev–Trinajstić information content (AvgIpc) is 2.25. The van der Waals surface area contributed by atoms with Gasteiger partial charge in [0, 0.05) is 14.6 Å². The van der Waals surface area contributed by atoms with E-state index in [1.807, 2.05) is 41.5 Å². The minimum atomic E-state index is -0.634. The van der Waals surface area contributed by atoms with Gasteiger partial charge in [0.05, 0.1) is 16.7 Å². The van der Waals surface area contributed by atoms with E-state index in [1.165, 1.54) is 0 Å². The minimum absolute atomic E-state index is 0.104. The van der Waals surface area contributed by atoms with E-state index in [-0.39, 0.29) is 17.6 Å². The molecule has 0 aliphatic heterocycles. The summed E-state index contributed by atoms with van der Waals surface area (Å²) >= 11 is 16.5. The third-order valence-corrected chi connectivity index (χ3v) is 5.94. The summed E-state index contributed by atoms with van der Waals surface area (Å²) in [6.07, 6.45) is 0. The summed E-state index contributed by atoms with van der Waals surface area (Å²) < 4.78 is 0. The fourth-order valence-electron chi connectivity index (χ4n) is 2.44. The maximum Gasteiger partial charge on any atom is 0.153 e. The molecule has 0 spiro atoms. The lowest BCUT2D eigenvalue weighted by atomic mass is 9.59. The van der Waals surface area contributed by atoms with Crippen LogP contribution in [-0.4, -0.2) is 20.4 Å². The first-order valence-corrected chi connectivity index (χ1v) is 7.35. The molecule has 0 radical (unpaired) electrons. The molecule has 0 unspecified atom stereocenters. The highest BCUT2D eigenvalue weighted by molar-refractivity contribution is 7.84. The summed E-state index contributed by atoms with van der Waals surface area (Å²) in [5, 5.41) is 0. The van der Waals surface area contributed by atoms with Crippen molar-refractivity contribution in [3.05, 3.63) is 0 Å². The predicted octanol–water partition coefficient (Wildman–Crippen LogP) is 4.00. The molecule has 0 aromatic heterocycles. The number of hydrogen-bond acceptors (Lipinski definition) is 4. The Bertz CT molecular complexity index is 414. The standard InChI is InChI=1S/C14H20OS3/c1-7(2)9(16)8-10(17)13(3,4)12(15)14(5,6)11(8)18/h7-8H,1-6H3. The van der Waals surface area contributed by atoms with Gasteiger partial charge in [0.25, 0.3) is 0 Å². The summed E-state index contributed by atoms with van der Waals surface area (Å²) in [4.78, 5) is 14.7. The molecule has 100 valence electrons. The normalized spacial score (nSPS) is 23.6. The molecule has 0 aromatic carbocycles. The molecule has 18 heavy (non-hydrogen) atoms. The largest absolute Gasteiger partial charge is 0.298 e. The molecule has 0 saturated heterocycles. The first-order chi connectivity index (χ1) is 7.95. The fourth-order valence-corrected chi connectivity index (χ4v) is 3.57. The lowest BCUT2D eigenvalue weighted by Gasteiger charge is -2.45. The van der Waals surface area contributed by atoms with Gasteiger partial charge in [0.1, 0.15) is 0 Å². The molecule has 1 aliphatic carbocycles. The quantitative estimate of drug-likeness (QED) is 0.717. The third kappa shape index (κ3) is 2.23. The van der Waals surface area contributed by atoms with Crippen LogP contribution in [-0.2, 0) is 4.79 Å². The molecule has 0 heterocycles. The summed E-state index contributed by atoms with van der Waals surface area (Å²) in [6, 6.07) is 0. The lowest BCUT2D eigenvalue weighted by Crippen LogP contribution is -2.58. The second kappa shape index (κ2) is 4.80. The van der Waals surface area contributed by atoms with Gasteiger partial charge in [-0.15, -0.1) is 0 Å². The smallest absolute Gasteiger partial charge is 0.153 e. The second-order valence-corrected chi connectivity index (χ2v) is 7.65. The Morgan fingerprint density at radius 3 is 1.67 bits per heavy atom. The number of ketones is 1. The second-order valence-electron chi connectivity index (χ2n) is 6.30. The molecule has 1 nitrogen and oxygen atoms in total. The van der Waals surface area contributed by atoms with Crippen molar-refractivity contribution in [2.24, 2.45) is 22.7 Å². The number of rotatable bonds is 2. The monoisotopic (exact) mass is 300 g/mol. The van der Waals surface area contributed by atoms with Gasteiger partial charge in [0.15, 0.2) is 5.78 Å². The van der Waals surface area contributed by atoms with Crippen molar-refractivity contribution >= 4 is 57.0 Å². The Kier molecular flexibility index (Phi) is 4.27. The lowest BCUT2D eigenvalue weighted by molar-refractivity contribution is -0.129. The average molecular weight is 301 g/mol. The van der Waals surface area contributed by atoms with Crippen LogP contribution in [0.4, 0.5) is 0 Å². The molecule has 0 amide bonds. The van der Waals surface area contributed by atoms with E-state index in [0.29, 0.717) is 9.73 Å². The van der Waals surface area contributed by atoms with Gasteiger partial charge in [-0.1, -0.05) is 50.5 Å². The van der Waals surface area contributed by atoms with Crippen molar-refractivity contribution in [1.29, 1.82) is 0 Å².